The second kappa shape index (κ2) is 9.09. The van der Waals surface area contributed by atoms with Gasteiger partial charge in [-0.25, -0.2) is 4.98 Å². The Hall–Kier alpha value is -3.19. The molecule has 0 bridgehead atoms. The molecule has 1 saturated heterocycles. The van der Waals surface area contributed by atoms with Gasteiger partial charge in [-0.1, -0.05) is 18.2 Å². The van der Waals surface area contributed by atoms with Crippen LogP contribution in [0, 0.1) is 0 Å². The van der Waals surface area contributed by atoms with Gasteiger partial charge in [-0.3, -0.25) is 9.59 Å². The first-order valence-corrected chi connectivity index (χ1v) is 10.9. The number of carbonyl (C=O) groups excluding carboxylic acids is 2. The van der Waals surface area contributed by atoms with Gasteiger partial charge in [-0.05, 0) is 43.2 Å². The molecule has 7 heteroatoms. The predicted octanol–water partition coefficient (Wildman–Crippen LogP) is 4.27. The lowest BCUT2D eigenvalue weighted by molar-refractivity contribution is -0.117. The molecule has 0 atom stereocenters. The molecular weight excluding hydrogens is 398 g/mol. The van der Waals surface area contributed by atoms with E-state index in [0.717, 1.165) is 28.2 Å². The molecule has 1 N–H and O–H groups in total. The monoisotopic (exact) mass is 421 g/mol. The highest BCUT2D eigenvalue weighted by Crippen LogP contribution is 2.28. The fourth-order valence-corrected chi connectivity index (χ4v) is 4.16. The Bertz CT molecular complexity index is 1050. The first-order chi connectivity index (χ1) is 14.7. The Morgan fingerprint density at radius 2 is 2.17 bits per heavy atom. The zero-order valence-electron chi connectivity index (χ0n) is 16.8. The molecule has 3 aromatic rings. The van der Waals surface area contributed by atoms with Crippen molar-refractivity contribution in [2.45, 2.75) is 26.3 Å². The molecule has 2 aromatic carbocycles. The number of aromatic nitrogens is 1. The van der Waals surface area contributed by atoms with Crippen LogP contribution in [0.4, 0.5) is 5.69 Å². The van der Waals surface area contributed by atoms with Gasteiger partial charge in [-0.15, -0.1) is 11.3 Å². The minimum atomic E-state index is -0.230. The summed E-state index contributed by atoms with van der Waals surface area (Å²) in [4.78, 5) is 31.1. The second-order valence-corrected chi connectivity index (χ2v) is 7.88. The third-order valence-corrected chi connectivity index (χ3v) is 5.77. The molecule has 6 nitrogen and oxygen atoms in total. The third-order valence-electron chi connectivity index (χ3n) is 4.95. The van der Waals surface area contributed by atoms with Crippen molar-refractivity contribution in [1.29, 1.82) is 0 Å². The predicted molar refractivity (Wildman–Crippen MR) is 118 cm³/mol. The number of anilines is 1. The smallest absolute Gasteiger partial charge is 0.255 e. The molecule has 1 aromatic heterocycles. The second-order valence-electron chi connectivity index (χ2n) is 6.98. The van der Waals surface area contributed by atoms with Gasteiger partial charge in [0.2, 0.25) is 5.91 Å². The summed E-state index contributed by atoms with van der Waals surface area (Å²) < 4.78 is 5.65. The molecule has 2 amide bonds. The number of thiazole rings is 1. The van der Waals surface area contributed by atoms with E-state index in [2.05, 4.69) is 10.3 Å². The van der Waals surface area contributed by atoms with Crippen LogP contribution >= 0.6 is 11.3 Å². The zero-order chi connectivity index (χ0) is 20.9. The highest BCUT2D eigenvalue weighted by molar-refractivity contribution is 7.13. The lowest BCUT2D eigenvalue weighted by Gasteiger charge is -2.18. The van der Waals surface area contributed by atoms with E-state index in [1.54, 1.807) is 34.6 Å². The molecule has 4 rings (SSSR count). The summed E-state index contributed by atoms with van der Waals surface area (Å²) in [5.74, 6) is 0.373. The van der Waals surface area contributed by atoms with Gasteiger partial charge in [0, 0.05) is 42.3 Å². The topological polar surface area (TPSA) is 71.5 Å². The van der Waals surface area contributed by atoms with Crippen LogP contribution in [-0.2, 0) is 11.3 Å². The summed E-state index contributed by atoms with van der Waals surface area (Å²) in [6.45, 7) is 3.40. The van der Waals surface area contributed by atoms with Crippen molar-refractivity contribution in [2.24, 2.45) is 0 Å². The van der Waals surface area contributed by atoms with E-state index in [-0.39, 0.29) is 11.8 Å². The largest absolute Gasteiger partial charge is 0.493 e. The number of nitrogens with zero attached hydrogens (tertiary/aromatic N) is 2. The van der Waals surface area contributed by atoms with E-state index in [4.69, 9.17) is 4.74 Å². The van der Waals surface area contributed by atoms with Gasteiger partial charge in [0.1, 0.15) is 10.8 Å². The van der Waals surface area contributed by atoms with Crippen molar-refractivity contribution < 1.29 is 14.3 Å². The zero-order valence-corrected chi connectivity index (χ0v) is 17.6. The van der Waals surface area contributed by atoms with Crippen LogP contribution < -0.4 is 15.0 Å². The first-order valence-electron chi connectivity index (χ1n) is 10.00. The van der Waals surface area contributed by atoms with Crippen LogP contribution in [0.2, 0.25) is 0 Å². The minimum absolute atomic E-state index is 0.0875. The summed E-state index contributed by atoms with van der Waals surface area (Å²) in [7, 11) is 0. The molecule has 154 valence electrons. The van der Waals surface area contributed by atoms with Gasteiger partial charge in [-0.2, -0.15) is 0 Å². The molecule has 30 heavy (non-hydrogen) atoms. The van der Waals surface area contributed by atoms with E-state index >= 15 is 0 Å². The third kappa shape index (κ3) is 4.36. The molecule has 1 fully saturated rings. The summed E-state index contributed by atoms with van der Waals surface area (Å²) in [5.41, 5.74) is 3.18. The van der Waals surface area contributed by atoms with Crippen molar-refractivity contribution >= 4 is 28.8 Å². The average Bonchev–Trinajstić information content (AvgIpc) is 3.45. The molecule has 0 unspecified atom stereocenters. The first kappa shape index (κ1) is 20.1. The summed E-state index contributed by atoms with van der Waals surface area (Å²) in [6, 6.07) is 13.3. The number of ether oxygens (including phenoxy) is 1. The van der Waals surface area contributed by atoms with Crippen molar-refractivity contribution in [3.63, 3.8) is 0 Å². The van der Waals surface area contributed by atoms with Crippen molar-refractivity contribution in [3.8, 4) is 16.3 Å². The van der Waals surface area contributed by atoms with Gasteiger partial charge >= 0.3 is 0 Å². The van der Waals surface area contributed by atoms with E-state index < -0.39 is 0 Å². The lowest BCUT2D eigenvalue weighted by Crippen LogP contribution is -2.26. The van der Waals surface area contributed by atoms with Gasteiger partial charge in [0.05, 0.1) is 12.2 Å². The molecule has 0 saturated carbocycles. The Morgan fingerprint density at radius 3 is 2.90 bits per heavy atom. The molecule has 1 aliphatic rings. The van der Waals surface area contributed by atoms with Crippen LogP contribution in [-0.4, -0.2) is 29.9 Å². The molecular formula is C23H23N3O3S. The quantitative estimate of drug-likeness (QED) is 0.619. The van der Waals surface area contributed by atoms with Crippen molar-refractivity contribution in [1.82, 2.24) is 10.3 Å². The summed E-state index contributed by atoms with van der Waals surface area (Å²) in [6.07, 6.45) is 3.16. The average molecular weight is 422 g/mol. The van der Waals surface area contributed by atoms with E-state index in [9.17, 15) is 9.59 Å². The van der Waals surface area contributed by atoms with Crippen LogP contribution in [0.5, 0.6) is 5.75 Å². The van der Waals surface area contributed by atoms with E-state index in [0.29, 0.717) is 37.4 Å². The Morgan fingerprint density at radius 1 is 1.27 bits per heavy atom. The highest BCUT2D eigenvalue weighted by Gasteiger charge is 2.24. The highest BCUT2D eigenvalue weighted by atomic mass is 32.1. The Kier molecular flexibility index (Phi) is 6.09. The normalized spacial score (nSPS) is 13.5. The SMILES string of the molecule is CCOc1ccc(N2CCCC2=O)cc1C(=O)NCc1cccc(-c2nccs2)c1. The van der Waals surface area contributed by atoms with Crippen LogP contribution in [0.1, 0.15) is 35.7 Å². The van der Waals surface area contributed by atoms with Gasteiger partial charge in [0.25, 0.3) is 5.91 Å². The molecule has 0 aliphatic carbocycles. The number of hydrogen-bond donors (Lipinski definition) is 1. The van der Waals surface area contributed by atoms with E-state index in [1.807, 2.05) is 42.6 Å². The molecule has 2 heterocycles. The fourth-order valence-electron chi connectivity index (χ4n) is 3.52. The van der Waals surface area contributed by atoms with Crippen molar-refractivity contribution in [2.75, 3.05) is 18.1 Å². The van der Waals surface area contributed by atoms with Crippen LogP contribution in [0.3, 0.4) is 0 Å². The van der Waals surface area contributed by atoms with E-state index in [1.165, 1.54) is 0 Å². The molecule has 0 radical (unpaired) electrons. The van der Waals surface area contributed by atoms with Gasteiger partial charge < -0.3 is 15.0 Å². The maximum absolute atomic E-state index is 13.0. The minimum Gasteiger partial charge on any atom is -0.493 e. The summed E-state index contributed by atoms with van der Waals surface area (Å²) >= 11 is 1.58. The Balaban J connectivity index is 1.52. The number of hydrogen-bond acceptors (Lipinski definition) is 5. The maximum Gasteiger partial charge on any atom is 0.255 e. The van der Waals surface area contributed by atoms with Gasteiger partial charge in [0.15, 0.2) is 0 Å². The molecule has 0 spiro atoms. The number of benzene rings is 2. The Labute approximate surface area is 179 Å². The number of rotatable bonds is 7. The fraction of sp³-hybridized carbons (Fsp3) is 0.261. The molecule has 1 aliphatic heterocycles. The number of carbonyl (C=O) groups is 2. The number of nitrogens with one attached hydrogen (secondary N) is 1. The lowest BCUT2D eigenvalue weighted by atomic mass is 10.1. The number of amides is 2. The van der Waals surface area contributed by atoms with Crippen LogP contribution in [0.25, 0.3) is 10.6 Å². The summed E-state index contributed by atoms with van der Waals surface area (Å²) in [5, 5.41) is 5.87. The van der Waals surface area contributed by atoms with Crippen molar-refractivity contribution in [3.05, 3.63) is 65.2 Å². The van der Waals surface area contributed by atoms with Crippen LogP contribution in [0.15, 0.2) is 54.0 Å². The standard InChI is InChI=1S/C23H23N3O3S/c1-2-29-20-9-8-18(26-11-4-7-21(26)27)14-19(20)22(28)25-15-16-5-3-6-17(13-16)23-24-10-12-30-23/h3,5-6,8-10,12-14H,2,4,7,11,15H2,1H3,(H,25,28). The maximum atomic E-state index is 13.0.